The van der Waals surface area contributed by atoms with E-state index in [2.05, 4.69) is 11.1 Å². The van der Waals surface area contributed by atoms with E-state index in [9.17, 15) is 23.5 Å². The number of primary amides is 1. The van der Waals surface area contributed by atoms with Crippen LogP contribution in [-0.4, -0.2) is 46.6 Å². The van der Waals surface area contributed by atoms with E-state index in [-0.39, 0.29) is 6.54 Å². The lowest BCUT2D eigenvalue weighted by Crippen LogP contribution is -2.57. The number of β-amino-alcohol motifs (C(OH)–C–C–N with tert-alkyl or cyclic N) is 1. The lowest BCUT2D eigenvalue weighted by molar-refractivity contribution is -0.185. The van der Waals surface area contributed by atoms with E-state index in [0.29, 0.717) is 5.69 Å². The Balaban J connectivity index is 2.03. The van der Waals surface area contributed by atoms with E-state index in [1.54, 1.807) is 12.1 Å². The summed E-state index contributed by atoms with van der Waals surface area (Å²) in [5.41, 5.74) is 3.62. The number of nitrogens with two attached hydrogens (primary N) is 1. The number of nitrogens with one attached hydrogen (secondary N) is 1. The van der Waals surface area contributed by atoms with E-state index >= 15 is 0 Å². The maximum absolute atomic E-state index is 13.7. The summed E-state index contributed by atoms with van der Waals surface area (Å²) in [5, 5.41) is 12.5. The second-order valence-electron chi connectivity index (χ2n) is 5.62. The molecule has 8 heteroatoms. The molecule has 6 nitrogen and oxygen atoms in total. The molecule has 0 aliphatic carbocycles. The Bertz CT molecular complexity index is 606. The van der Waals surface area contributed by atoms with Crippen LogP contribution in [0.3, 0.4) is 0 Å². The van der Waals surface area contributed by atoms with Crippen LogP contribution in [0.1, 0.15) is 18.9 Å². The third-order valence-electron chi connectivity index (χ3n) is 4.04. The van der Waals surface area contributed by atoms with Crippen molar-refractivity contribution in [2.75, 3.05) is 18.4 Å². The van der Waals surface area contributed by atoms with Crippen molar-refractivity contribution in [2.45, 2.75) is 31.3 Å². The minimum atomic E-state index is -4.09. The third kappa shape index (κ3) is 3.26. The average molecular weight is 327 g/mol. The molecule has 0 aromatic heterocycles. The van der Waals surface area contributed by atoms with Gasteiger partial charge < -0.3 is 21.1 Å². The molecule has 1 fully saturated rings. The maximum Gasteiger partial charge on any atom is 0.353 e. The average Bonchev–Trinajstić information content (AvgIpc) is 2.92. The van der Waals surface area contributed by atoms with Gasteiger partial charge in [0.1, 0.15) is 0 Å². The van der Waals surface area contributed by atoms with Crippen LogP contribution in [0.25, 0.3) is 0 Å². The molecular formula is C15H19F2N3O3. The molecule has 2 rings (SSSR count). The Morgan fingerprint density at radius 3 is 2.52 bits per heavy atom. The Morgan fingerprint density at radius 2 is 2.00 bits per heavy atom. The van der Waals surface area contributed by atoms with Gasteiger partial charge in [-0.15, -0.1) is 0 Å². The summed E-state index contributed by atoms with van der Waals surface area (Å²) in [4.78, 5) is 24.0. The van der Waals surface area contributed by atoms with E-state index in [0.717, 1.165) is 16.9 Å². The lowest BCUT2D eigenvalue weighted by Gasteiger charge is -2.29. The molecule has 0 spiro atoms. The van der Waals surface area contributed by atoms with Gasteiger partial charge in [-0.05, 0) is 24.1 Å². The van der Waals surface area contributed by atoms with Gasteiger partial charge >= 0.3 is 12.0 Å². The minimum Gasteiger partial charge on any atom is -0.381 e. The lowest BCUT2D eigenvalue weighted by atomic mass is 9.94. The number of urea groups is 1. The molecule has 0 radical (unpaired) electrons. The number of aryl methyl sites for hydroxylation is 1. The number of aliphatic hydroxyl groups is 1. The smallest absolute Gasteiger partial charge is 0.353 e. The zero-order chi connectivity index (χ0) is 17.3. The van der Waals surface area contributed by atoms with Crippen LogP contribution >= 0.6 is 0 Å². The number of benzene rings is 1. The number of likely N-dealkylation sites (tertiary alicyclic amines) is 1. The Morgan fingerprint density at radius 1 is 1.39 bits per heavy atom. The second kappa shape index (κ2) is 6.11. The molecular weight excluding hydrogens is 308 g/mol. The van der Waals surface area contributed by atoms with Crippen molar-refractivity contribution in [3.8, 4) is 0 Å². The van der Waals surface area contributed by atoms with Crippen molar-refractivity contribution in [2.24, 2.45) is 5.73 Å². The van der Waals surface area contributed by atoms with Gasteiger partial charge in [-0.25, -0.2) is 4.79 Å². The van der Waals surface area contributed by atoms with Gasteiger partial charge in [-0.2, -0.15) is 8.78 Å². The molecule has 0 saturated carbocycles. The largest absolute Gasteiger partial charge is 0.381 e. The third-order valence-corrected chi connectivity index (χ3v) is 4.04. The van der Waals surface area contributed by atoms with E-state index in [1.165, 1.54) is 0 Å². The number of halogens is 2. The van der Waals surface area contributed by atoms with Crippen LogP contribution in [-0.2, 0) is 11.2 Å². The fourth-order valence-electron chi connectivity index (χ4n) is 2.48. The Hall–Kier alpha value is -2.22. The normalized spacial score (nSPS) is 21.3. The molecule has 4 N–H and O–H groups in total. The molecule has 1 aliphatic heterocycles. The van der Waals surface area contributed by atoms with Crippen molar-refractivity contribution in [1.82, 2.24) is 4.90 Å². The number of amides is 3. The Labute approximate surface area is 132 Å². The summed E-state index contributed by atoms with van der Waals surface area (Å²) < 4.78 is 27.4. The number of carbonyl (C=O) groups is 2. The summed E-state index contributed by atoms with van der Waals surface area (Å²) in [6.07, 6.45) is 0.431. The molecule has 1 atom stereocenters. The SMILES string of the molecule is CCc1ccc(NC(=O)N2CCC(O)(C(F)(F)C(N)=O)C2)cc1. The van der Waals surface area contributed by atoms with Crippen molar-refractivity contribution in [3.05, 3.63) is 29.8 Å². The molecule has 126 valence electrons. The van der Waals surface area contributed by atoms with Crippen molar-refractivity contribution >= 4 is 17.6 Å². The fraction of sp³-hybridized carbons (Fsp3) is 0.467. The monoisotopic (exact) mass is 327 g/mol. The summed E-state index contributed by atoms with van der Waals surface area (Å²) in [5.74, 6) is -6.00. The fourth-order valence-corrected chi connectivity index (χ4v) is 2.48. The zero-order valence-corrected chi connectivity index (χ0v) is 12.7. The summed E-state index contributed by atoms with van der Waals surface area (Å²) in [6, 6.07) is 6.48. The quantitative estimate of drug-likeness (QED) is 0.778. The topological polar surface area (TPSA) is 95.7 Å². The summed E-state index contributed by atoms with van der Waals surface area (Å²) in [7, 11) is 0. The highest BCUT2D eigenvalue weighted by Crippen LogP contribution is 2.36. The number of rotatable bonds is 4. The number of anilines is 1. The van der Waals surface area contributed by atoms with Gasteiger partial charge in [0.2, 0.25) is 0 Å². The molecule has 0 bridgehead atoms. The number of hydrogen-bond donors (Lipinski definition) is 3. The Kier molecular flexibility index (Phi) is 4.56. The van der Waals surface area contributed by atoms with Crippen LogP contribution in [0.2, 0.25) is 0 Å². The molecule has 1 heterocycles. The van der Waals surface area contributed by atoms with Crippen LogP contribution in [0.4, 0.5) is 19.3 Å². The predicted octanol–water partition coefficient (Wildman–Crippen LogP) is 1.34. The summed E-state index contributed by atoms with van der Waals surface area (Å²) in [6.45, 7) is 1.23. The van der Waals surface area contributed by atoms with Gasteiger partial charge in [0.15, 0.2) is 5.60 Å². The first-order chi connectivity index (χ1) is 10.7. The predicted molar refractivity (Wildman–Crippen MR) is 80.1 cm³/mol. The molecule has 3 amide bonds. The molecule has 1 aromatic carbocycles. The highest BCUT2D eigenvalue weighted by molar-refractivity contribution is 5.90. The van der Waals surface area contributed by atoms with Crippen LogP contribution in [0, 0.1) is 0 Å². The van der Waals surface area contributed by atoms with Crippen molar-refractivity contribution in [1.29, 1.82) is 0 Å². The first-order valence-electron chi connectivity index (χ1n) is 7.24. The minimum absolute atomic E-state index is 0.0990. The standard InChI is InChI=1S/C15H19F2N3O3/c1-2-10-3-5-11(6-4-10)19-13(22)20-8-7-14(23,9-20)15(16,17)12(18)21/h3-6,23H,2,7-9H2,1H3,(H2,18,21)(H,19,22). The molecule has 1 aromatic rings. The molecule has 1 aliphatic rings. The van der Waals surface area contributed by atoms with Crippen molar-refractivity contribution in [3.63, 3.8) is 0 Å². The second-order valence-corrected chi connectivity index (χ2v) is 5.62. The van der Waals surface area contributed by atoms with Gasteiger partial charge in [0.25, 0.3) is 5.91 Å². The van der Waals surface area contributed by atoms with Gasteiger partial charge in [0, 0.05) is 18.7 Å². The van der Waals surface area contributed by atoms with E-state index in [1.807, 2.05) is 19.1 Å². The van der Waals surface area contributed by atoms with Crippen molar-refractivity contribution < 1.29 is 23.5 Å². The van der Waals surface area contributed by atoms with Gasteiger partial charge in [0.05, 0.1) is 6.54 Å². The molecule has 23 heavy (non-hydrogen) atoms. The van der Waals surface area contributed by atoms with Gasteiger partial charge in [-0.1, -0.05) is 19.1 Å². The van der Waals surface area contributed by atoms with Crippen LogP contribution in [0.5, 0.6) is 0 Å². The number of nitrogens with zero attached hydrogens (tertiary/aromatic N) is 1. The summed E-state index contributed by atoms with van der Waals surface area (Å²) >= 11 is 0. The van der Waals surface area contributed by atoms with Crippen LogP contribution < -0.4 is 11.1 Å². The van der Waals surface area contributed by atoms with E-state index < -0.39 is 36.4 Å². The zero-order valence-electron chi connectivity index (χ0n) is 12.7. The molecule has 1 saturated heterocycles. The highest BCUT2D eigenvalue weighted by atomic mass is 19.3. The van der Waals surface area contributed by atoms with E-state index in [4.69, 9.17) is 0 Å². The number of carbonyl (C=O) groups excluding carboxylic acids is 2. The van der Waals surface area contributed by atoms with Gasteiger partial charge in [-0.3, -0.25) is 4.79 Å². The van der Waals surface area contributed by atoms with Crippen LogP contribution in [0.15, 0.2) is 24.3 Å². The first kappa shape index (κ1) is 17.1. The number of alkyl halides is 2. The maximum atomic E-state index is 13.7. The highest BCUT2D eigenvalue weighted by Gasteiger charge is 2.60. The number of hydrogen-bond acceptors (Lipinski definition) is 3. The first-order valence-corrected chi connectivity index (χ1v) is 7.24. The molecule has 1 unspecified atom stereocenters.